The molecule has 0 aliphatic heterocycles. The van der Waals surface area contributed by atoms with Crippen molar-refractivity contribution in [1.82, 2.24) is 18.3 Å². The lowest BCUT2D eigenvalue weighted by Gasteiger charge is -2.13. The van der Waals surface area contributed by atoms with E-state index in [1.165, 1.54) is 65.4 Å². The molecule has 0 saturated heterocycles. The van der Waals surface area contributed by atoms with Gasteiger partial charge in [-0.15, -0.1) is 0 Å². The van der Waals surface area contributed by atoms with Crippen LogP contribution in [-0.4, -0.2) is 18.3 Å². The molecule has 8 aromatic carbocycles. The third kappa shape index (κ3) is 4.51. The highest BCUT2D eigenvalue weighted by Crippen LogP contribution is 2.44. The van der Waals surface area contributed by atoms with Gasteiger partial charge in [0, 0.05) is 64.0 Å². The number of rotatable bonds is 4. The molecular formula is C50H30Br2N4. The largest absolute Gasteiger partial charge is 0.309 e. The molecule has 0 unspecified atom stereocenters. The first-order chi connectivity index (χ1) is 27.6. The maximum absolute atomic E-state index is 3.71. The van der Waals surface area contributed by atoms with Gasteiger partial charge in [0.15, 0.2) is 0 Å². The van der Waals surface area contributed by atoms with Gasteiger partial charge in [0.05, 0.1) is 44.1 Å². The summed E-state index contributed by atoms with van der Waals surface area (Å²) in [7, 11) is 0. The highest BCUT2D eigenvalue weighted by Gasteiger charge is 2.24. The zero-order valence-corrected chi connectivity index (χ0v) is 33.0. The van der Waals surface area contributed by atoms with Crippen LogP contribution in [0.4, 0.5) is 0 Å². The molecule has 0 atom stereocenters. The van der Waals surface area contributed by atoms with E-state index >= 15 is 0 Å². The lowest BCUT2D eigenvalue weighted by atomic mass is 10.2. The molecular weight excluding hydrogens is 816 g/mol. The molecule has 0 radical (unpaired) electrons. The summed E-state index contributed by atoms with van der Waals surface area (Å²) in [6, 6.07) is 66.3. The Bertz CT molecular complexity index is 3200. The standard InChI is InChI=1S/C50H30Br2N4/c51-31-17-21-33(22-18-31)55-47-29-35(53-43-13-5-1-9-37(43)38-10-2-6-14-44(38)53)25-27-41(47)49-50(55)42-28-26-36(30-48(42)56(49)34-23-19-32(52)20-24-34)54-45-15-7-3-11-39(45)40-12-4-8-16-46(40)54/h1-30H. The van der Waals surface area contributed by atoms with Crippen LogP contribution in [0.3, 0.4) is 0 Å². The van der Waals surface area contributed by atoms with Crippen LogP contribution < -0.4 is 0 Å². The van der Waals surface area contributed by atoms with E-state index in [4.69, 9.17) is 0 Å². The predicted octanol–water partition coefficient (Wildman–Crippen LogP) is 14.4. The molecule has 12 rings (SSSR count). The van der Waals surface area contributed by atoms with Crippen molar-refractivity contribution in [3.8, 4) is 22.7 Å². The monoisotopic (exact) mass is 844 g/mol. The number of benzene rings is 8. The van der Waals surface area contributed by atoms with Crippen LogP contribution in [0.1, 0.15) is 0 Å². The minimum Gasteiger partial charge on any atom is -0.309 e. The first-order valence-electron chi connectivity index (χ1n) is 18.7. The van der Waals surface area contributed by atoms with Crippen molar-refractivity contribution >= 4 is 108 Å². The molecule has 0 amide bonds. The van der Waals surface area contributed by atoms with Crippen LogP contribution in [0.15, 0.2) is 191 Å². The maximum Gasteiger partial charge on any atom is 0.0803 e. The van der Waals surface area contributed by atoms with Crippen molar-refractivity contribution in [3.05, 3.63) is 191 Å². The van der Waals surface area contributed by atoms with Gasteiger partial charge in [-0.2, -0.15) is 0 Å². The van der Waals surface area contributed by atoms with Crippen molar-refractivity contribution in [3.63, 3.8) is 0 Å². The van der Waals surface area contributed by atoms with E-state index < -0.39 is 0 Å². The van der Waals surface area contributed by atoms with E-state index in [0.717, 1.165) is 42.7 Å². The van der Waals surface area contributed by atoms with Gasteiger partial charge in [-0.3, -0.25) is 0 Å². The van der Waals surface area contributed by atoms with Crippen LogP contribution in [0.2, 0.25) is 0 Å². The van der Waals surface area contributed by atoms with Gasteiger partial charge in [-0.25, -0.2) is 0 Å². The second-order valence-corrected chi connectivity index (χ2v) is 16.3. The molecule has 0 aliphatic rings. The summed E-state index contributed by atoms with van der Waals surface area (Å²) in [6.45, 7) is 0. The average Bonchev–Trinajstić information content (AvgIpc) is 3.96. The number of halogens is 2. The molecule has 4 aromatic heterocycles. The number of hydrogen-bond donors (Lipinski definition) is 0. The van der Waals surface area contributed by atoms with Gasteiger partial charge in [-0.05, 0) is 109 Å². The number of fused-ring (bicyclic) bond motifs is 11. The lowest BCUT2D eigenvalue weighted by molar-refractivity contribution is 1.15. The minimum absolute atomic E-state index is 1.05. The van der Waals surface area contributed by atoms with E-state index in [2.05, 4.69) is 232 Å². The Balaban J connectivity index is 1.22. The SMILES string of the molecule is Brc1ccc(-n2c3cc(-n4c5ccccc5c5ccccc54)ccc3c3c2c2ccc(-n4c5ccccc5c5ccccc54)cc2n3-c2ccc(Br)cc2)cc1. The van der Waals surface area contributed by atoms with E-state index in [1.54, 1.807) is 0 Å². The average molecular weight is 847 g/mol. The maximum atomic E-state index is 3.71. The molecule has 0 fully saturated rings. The Morgan fingerprint density at radius 3 is 0.893 bits per heavy atom. The van der Waals surface area contributed by atoms with Gasteiger partial charge >= 0.3 is 0 Å². The minimum atomic E-state index is 1.05. The van der Waals surface area contributed by atoms with Gasteiger partial charge in [0.25, 0.3) is 0 Å². The molecule has 0 N–H and O–H groups in total. The Morgan fingerprint density at radius 2 is 0.554 bits per heavy atom. The summed E-state index contributed by atoms with van der Waals surface area (Å²) in [4.78, 5) is 0. The van der Waals surface area contributed by atoms with E-state index in [1.807, 2.05) is 0 Å². The van der Waals surface area contributed by atoms with E-state index in [0.29, 0.717) is 0 Å². The fraction of sp³-hybridized carbons (Fsp3) is 0. The Hall–Kier alpha value is -6.34. The van der Waals surface area contributed by atoms with Crippen LogP contribution in [-0.2, 0) is 0 Å². The van der Waals surface area contributed by atoms with Crippen molar-refractivity contribution in [2.24, 2.45) is 0 Å². The Kier molecular flexibility index (Phi) is 6.89. The molecule has 56 heavy (non-hydrogen) atoms. The van der Waals surface area contributed by atoms with Crippen molar-refractivity contribution in [2.75, 3.05) is 0 Å². The molecule has 4 nitrogen and oxygen atoms in total. The third-order valence-electron chi connectivity index (χ3n) is 11.5. The highest BCUT2D eigenvalue weighted by molar-refractivity contribution is 9.10. The van der Waals surface area contributed by atoms with Crippen LogP contribution in [0.5, 0.6) is 0 Å². The van der Waals surface area contributed by atoms with Gasteiger partial charge < -0.3 is 18.3 Å². The van der Waals surface area contributed by atoms with Crippen molar-refractivity contribution < 1.29 is 0 Å². The highest BCUT2D eigenvalue weighted by atomic mass is 79.9. The molecule has 264 valence electrons. The normalized spacial score (nSPS) is 12.1. The number of nitrogens with zero attached hydrogens (tertiary/aromatic N) is 4. The summed E-state index contributed by atoms with van der Waals surface area (Å²) in [5.74, 6) is 0. The van der Waals surface area contributed by atoms with Gasteiger partial charge in [0.1, 0.15) is 0 Å². The van der Waals surface area contributed by atoms with Gasteiger partial charge in [-0.1, -0.05) is 105 Å². The smallest absolute Gasteiger partial charge is 0.0803 e. The number of para-hydroxylation sites is 4. The zero-order valence-electron chi connectivity index (χ0n) is 29.9. The number of hydrogen-bond acceptors (Lipinski definition) is 0. The topological polar surface area (TPSA) is 19.7 Å². The molecule has 0 bridgehead atoms. The summed E-state index contributed by atoms with van der Waals surface area (Å²) in [5.41, 5.74) is 13.9. The van der Waals surface area contributed by atoms with Gasteiger partial charge in [0.2, 0.25) is 0 Å². The first-order valence-corrected chi connectivity index (χ1v) is 20.3. The van der Waals surface area contributed by atoms with Crippen LogP contribution >= 0.6 is 31.9 Å². The fourth-order valence-electron chi connectivity index (χ4n) is 9.16. The number of aromatic nitrogens is 4. The molecule has 0 aliphatic carbocycles. The summed E-state index contributed by atoms with van der Waals surface area (Å²) >= 11 is 7.42. The summed E-state index contributed by atoms with van der Waals surface area (Å²) < 4.78 is 11.8. The van der Waals surface area contributed by atoms with Crippen molar-refractivity contribution in [2.45, 2.75) is 0 Å². The van der Waals surface area contributed by atoms with Crippen LogP contribution in [0, 0.1) is 0 Å². The lowest BCUT2D eigenvalue weighted by Crippen LogP contribution is -1.98. The molecule has 6 heteroatoms. The summed E-state index contributed by atoms with van der Waals surface area (Å²) in [6.07, 6.45) is 0. The molecule has 0 spiro atoms. The van der Waals surface area contributed by atoms with Crippen LogP contribution in [0.25, 0.3) is 99.2 Å². The van der Waals surface area contributed by atoms with E-state index in [-0.39, 0.29) is 0 Å². The second kappa shape index (κ2) is 12.1. The molecule has 0 saturated carbocycles. The molecule has 12 aromatic rings. The zero-order chi connectivity index (χ0) is 37.1. The predicted molar refractivity (Wildman–Crippen MR) is 242 cm³/mol. The van der Waals surface area contributed by atoms with E-state index in [9.17, 15) is 0 Å². The molecule has 4 heterocycles. The third-order valence-corrected chi connectivity index (χ3v) is 12.5. The quantitative estimate of drug-likeness (QED) is 0.168. The Labute approximate surface area is 338 Å². The Morgan fingerprint density at radius 1 is 0.250 bits per heavy atom. The second-order valence-electron chi connectivity index (χ2n) is 14.5. The fourth-order valence-corrected chi connectivity index (χ4v) is 9.68. The summed E-state index contributed by atoms with van der Waals surface area (Å²) in [5, 5.41) is 7.38. The first kappa shape index (κ1) is 32.0. The van der Waals surface area contributed by atoms with Crippen molar-refractivity contribution in [1.29, 1.82) is 0 Å².